The first kappa shape index (κ1) is 10.6. The van der Waals surface area contributed by atoms with E-state index in [1.54, 1.807) is 15.5 Å². The molecule has 0 saturated heterocycles. The molecule has 3 rings (SSSR count). The number of nitrogens with one attached hydrogen (secondary N) is 2. The van der Waals surface area contributed by atoms with Crippen molar-refractivity contribution in [2.24, 2.45) is 0 Å². The highest BCUT2D eigenvalue weighted by Crippen LogP contribution is 2.16. The van der Waals surface area contributed by atoms with E-state index in [2.05, 4.69) is 15.9 Å². The second-order valence-electron chi connectivity index (χ2n) is 4.01. The first-order valence-electron chi connectivity index (χ1n) is 5.32. The molecule has 0 bridgehead atoms. The molecule has 3 N–H and O–H groups in total. The van der Waals surface area contributed by atoms with Gasteiger partial charge in [0, 0.05) is 31.2 Å². The van der Waals surface area contributed by atoms with Crippen molar-refractivity contribution in [2.45, 2.75) is 0 Å². The second kappa shape index (κ2) is 3.74. The third-order valence-corrected chi connectivity index (χ3v) is 2.67. The summed E-state index contributed by atoms with van der Waals surface area (Å²) in [6, 6.07) is 3.66. The van der Waals surface area contributed by atoms with Crippen LogP contribution in [0.1, 0.15) is 16.1 Å². The molecule has 1 aliphatic rings. The van der Waals surface area contributed by atoms with Crippen molar-refractivity contribution in [3.8, 4) is 0 Å². The summed E-state index contributed by atoms with van der Waals surface area (Å²) >= 11 is 0. The van der Waals surface area contributed by atoms with Crippen molar-refractivity contribution in [1.82, 2.24) is 25.4 Å². The normalized spacial score (nSPS) is 14.7. The van der Waals surface area contributed by atoms with Gasteiger partial charge in [-0.15, -0.1) is 5.53 Å². The van der Waals surface area contributed by atoms with Gasteiger partial charge in [-0.25, -0.2) is 9.78 Å². The van der Waals surface area contributed by atoms with Gasteiger partial charge in [0.05, 0.1) is 5.70 Å². The predicted molar refractivity (Wildman–Crippen MR) is 64.2 cm³/mol. The highest BCUT2D eigenvalue weighted by Gasteiger charge is 2.12. The Morgan fingerprint density at radius 1 is 1.39 bits per heavy atom. The molecule has 0 atom stereocenters. The zero-order valence-electron chi connectivity index (χ0n) is 9.58. The standard InChI is InChI=1S/C11H11N5O2/c1-15-5-8(13-14-15)7-2-3-10-12-9(11(17)18)6-16(10)4-7/h2-6,13-14H,1H3,(H,17,18). The SMILES string of the molecule is CN1C=C(c2ccc3nc(C(=O)O)cn3c2)NN1. The summed E-state index contributed by atoms with van der Waals surface area (Å²) in [7, 11) is 1.87. The Bertz CT molecular complexity index is 660. The number of carboxylic acid groups (broad SMARTS) is 1. The zero-order chi connectivity index (χ0) is 12.7. The molecule has 0 radical (unpaired) electrons. The largest absolute Gasteiger partial charge is 0.476 e. The maximum Gasteiger partial charge on any atom is 0.356 e. The first-order chi connectivity index (χ1) is 8.63. The fraction of sp³-hybridized carbons (Fsp3) is 0.0909. The smallest absolute Gasteiger partial charge is 0.356 e. The number of rotatable bonds is 2. The van der Waals surface area contributed by atoms with Gasteiger partial charge in [-0.3, -0.25) is 5.01 Å². The van der Waals surface area contributed by atoms with E-state index in [-0.39, 0.29) is 5.69 Å². The molecular weight excluding hydrogens is 234 g/mol. The number of nitrogens with zero attached hydrogens (tertiary/aromatic N) is 3. The quantitative estimate of drug-likeness (QED) is 0.705. The molecule has 92 valence electrons. The second-order valence-corrected chi connectivity index (χ2v) is 4.01. The number of hydrogen-bond donors (Lipinski definition) is 3. The van der Waals surface area contributed by atoms with Crippen molar-refractivity contribution in [1.29, 1.82) is 0 Å². The number of pyridine rings is 1. The van der Waals surface area contributed by atoms with E-state index in [0.29, 0.717) is 5.65 Å². The van der Waals surface area contributed by atoms with Crippen molar-refractivity contribution in [3.63, 3.8) is 0 Å². The lowest BCUT2D eigenvalue weighted by Crippen LogP contribution is -2.33. The number of hydrogen-bond acceptors (Lipinski definition) is 5. The molecule has 18 heavy (non-hydrogen) atoms. The average molecular weight is 245 g/mol. The van der Waals surface area contributed by atoms with Gasteiger partial charge in [0.1, 0.15) is 5.65 Å². The van der Waals surface area contributed by atoms with E-state index in [4.69, 9.17) is 5.11 Å². The van der Waals surface area contributed by atoms with E-state index in [1.807, 2.05) is 25.5 Å². The lowest BCUT2D eigenvalue weighted by molar-refractivity contribution is 0.0691. The number of fused-ring (bicyclic) bond motifs is 1. The van der Waals surface area contributed by atoms with Crippen LogP contribution in [0, 0.1) is 0 Å². The van der Waals surface area contributed by atoms with E-state index in [0.717, 1.165) is 11.3 Å². The summed E-state index contributed by atoms with van der Waals surface area (Å²) in [5.74, 6) is -1.03. The molecule has 0 saturated carbocycles. The van der Waals surface area contributed by atoms with Crippen LogP contribution in [0.3, 0.4) is 0 Å². The van der Waals surface area contributed by atoms with Crippen LogP contribution in [-0.4, -0.2) is 32.5 Å². The van der Waals surface area contributed by atoms with Crippen LogP contribution in [0.4, 0.5) is 0 Å². The minimum atomic E-state index is -1.03. The number of carbonyl (C=O) groups is 1. The molecule has 0 fully saturated rings. The van der Waals surface area contributed by atoms with Crippen LogP contribution in [0.15, 0.2) is 30.7 Å². The van der Waals surface area contributed by atoms with Crippen LogP contribution in [0.25, 0.3) is 11.3 Å². The number of aromatic nitrogens is 2. The summed E-state index contributed by atoms with van der Waals surface area (Å²) in [6.07, 6.45) is 5.22. The summed E-state index contributed by atoms with van der Waals surface area (Å²) in [5.41, 5.74) is 8.41. The van der Waals surface area contributed by atoms with Crippen LogP contribution in [-0.2, 0) is 0 Å². The average Bonchev–Trinajstić information content (AvgIpc) is 2.93. The maximum absolute atomic E-state index is 10.8. The van der Waals surface area contributed by atoms with E-state index in [9.17, 15) is 4.79 Å². The van der Waals surface area contributed by atoms with Gasteiger partial charge in [-0.05, 0) is 12.1 Å². The van der Waals surface area contributed by atoms with Gasteiger partial charge >= 0.3 is 5.97 Å². The highest BCUT2D eigenvalue weighted by molar-refractivity contribution is 5.86. The van der Waals surface area contributed by atoms with E-state index < -0.39 is 5.97 Å². The molecule has 0 amide bonds. The highest BCUT2D eigenvalue weighted by atomic mass is 16.4. The molecule has 7 heteroatoms. The lowest BCUT2D eigenvalue weighted by Gasteiger charge is -2.06. The number of carboxylic acids is 1. The Morgan fingerprint density at radius 2 is 2.22 bits per heavy atom. The van der Waals surface area contributed by atoms with Gasteiger partial charge in [0.25, 0.3) is 0 Å². The van der Waals surface area contributed by atoms with Crippen LogP contribution >= 0.6 is 0 Å². The minimum absolute atomic E-state index is 0.0377. The fourth-order valence-electron chi connectivity index (χ4n) is 1.81. The molecule has 2 aromatic heterocycles. The van der Waals surface area contributed by atoms with E-state index >= 15 is 0 Å². The van der Waals surface area contributed by atoms with Gasteiger partial charge in [0.2, 0.25) is 0 Å². The summed E-state index contributed by atoms with van der Waals surface area (Å²) < 4.78 is 1.69. The number of aromatic carboxylic acids is 1. The molecule has 0 aliphatic carbocycles. The van der Waals surface area contributed by atoms with Crippen molar-refractivity contribution < 1.29 is 9.90 Å². The van der Waals surface area contributed by atoms with Crippen molar-refractivity contribution in [2.75, 3.05) is 7.05 Å². The first-order valence-corrected chi connectivity index (χ1v) is 5.32. The lowest BCUT2D eigenvalue weighted by atomic mass is 10.2. The number of hydrazine groups is 2. The zero-order valence-corrected chi connectivity index (χ0v) is 9.58. The third kappa shape index (κ3) is 1.66. The van der Waals surface area contributed by atoms with Gasteiger partial charge in [-0.1, -0.05) is 0 Å². The third-order valence-electron chi connectivity index (χ3n) is 2.67. The summed E-state index contributed by atoms with van der Waals surface area (Å²) in [6.45, 7) is 0. The molecule has 0 aromatic carbocycles. The fourth-order valence-corrected chi connectivity index (χ4v) is 1.81. The van der Waals surface area contributed by atoms with Crippen molar-refractivity contribution >= 4 is 17.3 Å². The van der Waals surface area contributed by atoms with Gasteiger partial charge in [-0.2, -0.15) is 0 Å². The predicted octanol–water partition coefficient (Wildman–Crippen LogP) is 0.285. The minimum Gasteiger partial charge on any atom is -0.476 e. The molecule has 0 unspecified atom stereocenters. The Balaban J connectivity index is 2.05. The summed E-state index contributed by atoms with van der Waals surface area (Å²) in [5, 5.41) is 10.7. The Labute approximate surface area is 102 Å². The topological polar surface area (TPSA) is 81.9 Å². The van der Waals surface area contributed by atoms with E-state index in [1.165, 1.54) is 6.20 Å². The van der Waals surface area contributed by atoms with Gasteiger partial charge in [0.15, 0.2) is 5.69 Å². The molecular formula is C11H11N5O2. The molecule has 7 nitrogen and oxygen atoms in total. The molecule has 1 aliphatic heterocycles. The van der Waals surface area contributed by atoms with Crippen LogP contribution < -0.4 is 11.0 Å². The Hall–Kier alpha value is -2.54. The Morgan fingerprint density at radius 3 is 2.89 bits per heavy atom. The molecule has 3 heterocycles. The maximum atomic E-state index is 10.8. The van der Waals surface area contributed by atoms with Crippen LogP contribution in [0.2, 0.25) is 0 Å². The summed E-state index contributed by atoms with van der Waals surface area (Å²) in [4.78, 5) is 14.8. The number of imidazole rings is 1. The van der Waals surface area contributed by atoms with Crippen molar-refractivity contribution in [3.05, 3.63) is 42.0 Å². The molecule has 0 spiro atoms. The van der Waals surface area contributed by atoms with Crippen LogP contribution in [0.5, 0.6) is 0 Å². The monoisotopic (exact) mass is 245 g/mol. The Kier molecular flexibility index (Phi) is 2.20. The van der Waals surface area contributed by atoms with Gasteiger partial charge < -0.3 is 14.9 Å². The molecule has 2 aromatic rings.